The highest BCUT2D eigenvalue weighted by atomic mass is 15.2. The SMILES string of the molecule is CN(CCNC(C)(C)C)Cc1cnn2ccccc12. The van der Waals surface area contributed by atoms with Crippen LogP contribution in [0.3, 0.4) is 0 Å². The molecule has 4 nitrogen and oxygen atoms in total. The van der Waals surface area contributed by atoms with Gasteiger partial charge in [-0.15, -0.1) is 0 Å². The third-order valence-corrected chi connectivity index (χ3v) is 3.10. The zero-order valence-electron chi connectivity index (χ0n) is 12.3. The van der Waals surface area contributed by atoms with Crippen LogP contribution in [-0.4, -0.2) is 40.2 Å². The van der Waals surface area contributed by atoms with Crippen molar-refractivity contribution in [2.45, 2.75) is 32.9 Å². The monoisotopic (exact) mass is 260 g/mol. The van der Waals surface area contributed by atoms with E-state index >= 15 is 0 Å². The second-order valence-corrected chi connectivity index (χ2v) is 6.11. The Morgan fingerprint density at radius 3 is 2.84 bits per heavy atom. The molecule has 2 aromatic rings. The Morgan fingerprint density at radius 1 is 1.32 bits per heavy atom. The molecule has 0 saturated carbocycles. The summed E-state index contributed by atoms with van der Waals surface area (Å²) >= 11 is 0. The average molecular weight is 260 g/mol. The third kappa shape index (κ3) is 4.04. The maximum Gasteiger partial charge on any atom is 0.0706 e. The molecule has 0 fully saturated rings. The lowest BCUT2D eigenvalue weighted by Gasteiger charge is -2.23. The highest BCUT2D eigenvalue weighted by Crippen LogP contribution is 2.11. The van der Waals surface area contributed by atoms with Crippen molar-refractivity contribution in [3.63, 3.8) is 0 Å². The number of nitrogens with one attached hydrogen (secondary N) is 1. The van der Waals surface area contributed by atoms with Crippen LogP contribution < -0.4 is 5.32 Å². The van der Waals surface area contributed by atoms with Crippen molar-refractivity contribution in [2.75, 3.05) is 20.1 Å². The van der Waals surface area contributed by atoms with E-state index in [1.165, 1.54) is 11.1 Å². The Labute approximate surface area is 115 Å². The van der Waals surface area contributed by atoms with Gasteiger partial charge >= 0.3 is 0 Å². The molecule has 4 heteroatoms. The van der Waals surface area contributed by atoms with Crippen LogP contribution in [0.2, 0.25) is 0 Å². The molecule has 0 unspecified atom stereocenters. The Morgan fingerprint density at radius 2 is 2.11 bits per heavy atom. The van der Waals surface area contributed by atoms with Crippen molar-refractivity contribution in [3.05, 3.63) is 36.2 Å². The first-order valence-electron chi connectivity index (χ1n) is 6.80. The van der Waals surface area contributed by atoms with Gasteiger partial charge in [0, 0.05) is 36.9 Å². The average Bonchev–Trinajstić information content (AvgIpc) is 2.71. The van der Waals surface area contributed by atoms with Crippen LogP contribution >= 0.6 is 0 Å². The van der Waals surface area contributed by atoms with E-state index in [4.69, 9.17) is 0 Å². The summed E-state index contributed by atoms with van der Waals surface area (Å²) in [5, 5.41) is 7.87. The normalized spacial score (nSPS) is 12.5. The van der Waals surface area contributed by atoms with Crippen LogP contribution in [0, 0.1) is 0 Å². The Bertz CT molecular complexity index is 524. The molecule has 19 heavy (non-hydrogen) atoms. The Kier molecular flexibility index (Phi) is 4.22. The molecular weight excluding hydrogens is 236 g/mol. The number of nitrogens with zero attached hydrogens (tertiary/aromatic N) is 3. The van der Waals surface area contributed by atoms with Gasteiger partial charge in [0.15, 0.2) is 0 Å². The lowest BCUT2D eigenvalue weighted by atomic mass is 10.1. The van der Waals surface area contributed by atoms with Gasteiger partial charge in [-0.1, -0.05) is 6.07 Å². The van der Waals surface area contributed by atoms with E-state index in [1.807, 2.05) is 23.0 Å². The maximum absolute atomic E-state index is 4.37. The van der Waals surface area contributed by atoms with Gasteiger partial charge in [0.25, 0.3) is 0 Å². The van der Waals surface area contributed by atoms with Gasteiger partial charge in [-0.2, -0.15) is 5.10 Å². The van der Waals surface area contributed by atoms with Crippen molar-refractivity contribution in [1.82, 2.24) is 19.8 Å². The molecule has 0 spiro atoms. The summed E-state index contributed by atoms with van der Waals surface area (Å²) in [7, 11) is 2.15. The van der Waals surface area contributed by atoms with Crippen LogP contribution in [0.1, 0.15) is 26.3 Å². The number of hydrogen-bond donors (Lipinski definition) is 1. The van der Waals surface area contributed by atoms with Crippen LogP contribution in [-0.2, 0) is 6.54 Å². The van der Waals surface area contributed by atoms with Gasteiger partial charge in [-0.25, -0.2) is 4.52 Å². The molecule has 0 aromatic carbocycles. The van der Waals surface area contributed by atoms with Crippen molar-refractivity contribution >= 4 is 5.52 Å². The number of hydrogen-bond acceptors (Lipinski definition) is 3. The summed E-state index contributed by atoms with van der Waals surface area (Å²) in [6, 6.07) is 6.17. The first-order chi connectivity index (χ1) is 8.96. The molecule has 0 aliphatic carbocycles. The van der Waals surface area contributed by atoms with Gasteiger partial charge < -0.3 is 10.2 Å². The first-order valence-corrected chi connectivity index (χ1v) is 6.80. The summed E-state index contributed by atoms with van der Waals surface area (Å²) in [6.07, 6.45) is 3.95. The van der Waals surface area contributed by atoms with Crippen LogP contribution in [0.15, 0.2) is 30.6 Å². The van der Waals surface area contributed by atoms with E-state index in [1.54, 1.807) is 0 Å². The number of aromatic nitrogens is 2. The van der Waals surface area contributed by atoms with E-state index < -0.39 is 0 Å². The zero-order valence-corrected chi connectivity index (χ0v) is 12.3. The van der Waals surface area contributed by atoms with E-state index in [0.29, 0.717) is 0 Å². The quantitative estimate of drug-likeness (QED) is 0.894. The van der Waals surface area contributed by atoms with Gasteiger partial charge in [0.05, 0.1) is 11.7 Å². The minimum atomic E-state index is 0.186. The summed E-state index contributed by atoms with van der Waals surface area (Å²) in [4.78, 5) is 2.32. The molecule has 0 atom stereocenters. The fourth-order valence-corrected chi connectivity index (χ4v) is 2.10. The predicted molar refractivity (Wildman–Crippen MR) is 79.3 cm³/mol. The van der Waals surface area contributed by atoms with E-state index in [2.05, 4.69) is 55.3 Å². The largest absolute Gasteiger partial charge is 0.311 e. The molecule has 2 rings (SSSR count). The highest BCUT2D eigenvalue weighted by Gasteiger charge is 2.10. The van der Waals surface area contributed by atoms with Crippen molar-refractivity contribution in [2.24, 2.45) is 0 Å². The minimum Gasteiger partial charge on any atom is -0.311 e. The molecule has 0 saturated heterocycles. The topological polar surface area (TPSA) is 32.6 Å². The Hall–Kier alpha value is -1.39. The first kappa shape index (κ1) is 14.0. The summed E-state index contributed by atoms with van der Waals surface area (Å²) in [5.74, 6) is 0. The molecule has 0 aliphatic heterocycles. The molecule has 104 valence electrons. The van der Waals surface area contributed by atoms with Gasteiger partial charge in [0.2, 0.25) is 0 Å². The second kappa shape index (κ2) is 5.72. The maximum atomic E-state index is 4.37. The van der Waals surface area contributed by atoms with Crippen LogP contribution in [0.25, 0.3) is 5.52 Å². The standard InChI is InChI=1S/C15H24N4/c1-15(2,3)16-8-10-18(4)12-13-11-17-19-9-6-5-7-14(13)19/h5-7,9,11,16H,8,10,12H2,1-4H3. The number of rotatable bonds is 5. The van der Waals surface area contributed by atoms with Crippen molar-refractivity contribution in [3.8, 4) is 0 Å². The molecular formula is C15H24N4. The van der Waals surface area contributed by atoms with Crippen LogP contribution in [0.5, 0.6) is 0 Å². The zero-order chi connectivity index (χ0) is 13.9. The van der Waals surface area contributed by atoms with E-state index in [0.717, 1.165) is 19.6 Å². The number of likely N-dealkylation sites (N-methyl/N-ethyl adjacent to an activating group) is 1. The van der Waals surface area contributed by atoms with Crippen molar-refractivity contribution < 1.29 is 0 Å². The lowest BCUT2D eigenvalue weighted by molar-refractivity contribution is 0.304. The number of fused-ring (bicyclic) bond motifs is 1. The molecule has 0 amide bonds. The minimum absolute atomic E-state index is 0.186. The highest BCUT2D eigenvalue weighted by molar-refractivity contribution is 5.53. The van der Waals surface area contributed by atoms with Crippen LogP contribution in [0.4, 0.5) is 0 Å². The fourth-order valence-electron chi connectivity index (χ4n) is 2.10. The van der Waals surface area contributed by atoms with Crippen molar-refractivity contribution in [1.29, 1.82) is 0 Å². The summed E-state index contributed by atoms with van der Waals surface area (Å²) in [5.41, 5.74) is 2.66. The smallest absolute Gasteiger partial charge is 0.0706 e. The summed E-state index contributed by atoms with van der Waals surface area (Å²) in [6.45, 7) is 9.54. The molecule has 1 N–H and O–H groups in total. The number of pyridine rings is 1. The van der Waals surface area contributed by atoms with E-state index in [9.17, 15) is 0 Å². The molecule has 0 radical (unpaired) electrons. The molecule has 2 aromatic heterocycles. The van der Waals surface area contributed by atoms with Gasteiger partial charge in [-0.05, 0) is 40.0 Å². The lowest BCUT2D eigenvalue weighted by Crippen LogP contribution is -2.40. The fraction of sp³-hybridized carbons (Fsp3) is 0.533. The molecule has 2 heterocycles. The van der Waals surface area contributed by atoms with E-state index in [-0.39, 0.29) is 5.54 Å². The molecule has 0 bridgehead atoms. The van der Waals surface area contributed by atoms with Gasteiger partial charge in [0.1, 0.15) is 0 Å². The van der Waals surface area contributed by atoms with Gasteiger partial charge in [-0.3, -0.25) is 0 Å². The summed E-state index contributed by atoms with van der Waals surface area (Å²) < 4.78 is 1.93. The Balaban J connectivity index is 1.90. The second-order valence-electron chi connectivity index (χ2n) is 6.11. The third-order valence-electron chi connectivity index (χ3n) is 3.10. The molecule has 0 aliphatic rings. The predicted octanol–water partition coefficient (Wildman–Crippen LogP) is 2.15.